The third-order valence-corrected chi connectivity index (χ3v) is 9.99. The van der Waals surface area contributed by atoms with E-state index in [2.05, 4.69) is 49.2 Å². The fraction of sp³-hybridized carbons (Fsp3) is 0.643. The summed E-state index contributed by atoms with van der Waals surface area (Å²) in [7, 11) is 1.99. The second kappa shape index (κ2) is 7.69. The lowest BCUT2D eigenvalue weighted by atomic mass is 9.49. The molecule has 2 aliphatic heterocycles. The van der Waals surface area contributed by atoms with E-state index < -0.39 is 0 Å². The summed E-state index contributed by atoms with van der Waals surface area (Å²) in [6, 6.07) is 4.50. The van der Waals surface area contributed by atoms with Gasteiger partial charge in [0, 0.05) is 43.9 Å². The third-order valence-electron chi connectivity index (χ3n) is 9.99. The molecular formula is C28H37N3O2. The van der Waals surface area contributed by atoms with Crippen molar-refractivity contribution in [2.75, 3.05) is 38.3 Å². The number of piperidine rings is 1. The summed E-state index contributed by atoms with van der Waals surface area (Å²) < 4.78 is 5.49. The molecule has 5 heteroatoms. The molecule has 3 heterocycles. The number of carbonyl (C=O) groups excluding carboxylic acids is 1. The zero-order valence-corrected chi connectivity index (χ0v) is 20.3. The van der Waals surface area contributed by atoms with Crippen molar-refractivity contribution >= 4 is 17.3 Å². The molecule has 33 heavy (non-hydrogen) atoms. The topological polar surface area (TPSA) is 45.7 Å². The molecular weight excluding hydrogens is 410 g/mol. The quantitative estimate of drug-likeness (QED) is 0.647. The highest BCUT2D eigenvalue weighted by atomic mass is 16.5. The highest BCUT2D eigenvalue weighted by Crippen LogP contribution is 2.65. The van der Waals surface area contributed by atoms with Crippen molar-refractivity contribution in [2.24, 2.45) is 28.6 Å². The number of hydrogen-bond acceptors (Lipinski definition) is 4. The van der Waals surface area contributed by atoms with E-state index in [1.807, 2.05) is 11.9 Å². The van der Waals surface area contributed by atoms with Crippen LogP contribution in [0.5, 0.6) is 0 Å². The van der Waals surface area contributed by atoms with Crippen molar-refractivity contribution in [3.8, 4) is 0 Å². The molecule has 0 aromatic carbocycles. The number of pyridine rings is 1. The van der Waals surface area contributed by atoms with E-state index in [4.69, 9.17) is 9.72 Å². The lowest BCUT2D eigenvalue weighted by Gasteiger charge is -2.58. The van der Waals surface area contributed by atoms with Crippen molar-refractivity contribution in [3.63, 3.8) is 0 Å². The van der Waals surface area contributed by atoms with Crippen LogP contribution in [-0.2, 0) is 9.53 Å². The molecule has 5 aliphatic rings. The average Bonchev–Trinajstić information content (AvgIpc) is 3.20. The molecule has 1 saturated carbocycles. The van der Waals surface area contributed by atoms with Crippen LogP contribution in [0.4, 0.5) is 5.82 Å². The van der Waals surface area contributed by atoms with Crippen LogP contribution < -0.4 is 4.90 Å². The first-order valence-electron chi connectivity index (χ1n) is 12.9. The van der Waals surface area contributed by atoms with E-state index in [-0.39, 0.29) is 16.7 Å². The van der Waals surface area contributed by atoms with E-state index in [1.54, 1.807) is 0 Å². The van der Waals surface area contributed by atoms with Crippen molar-refractivity contribution in [1.29, 1.82) is 0 Å². The Bertz CT molecular complexity index is 1010. The second-order valence-electron chi connectivity index (χ2n) is 11.4. The van der Waals surface area contributed by atoms with Gasteiger partial charge >= 0.3 is 0 Å². The van der Waals surface area contributed by atoms with Crippen LogP contribution in [0.1, 0.15) is 57.9 Å². The number of nitrogens with zero attached hydrogens (tertiary/aromatic N) is 3. The Hall–Kier alpha value is -2.14. The standard InChI is InChI=1S/C28H37N3O2/c1-27-12-10-23-20(5-8-24-28(23,2)13-11-26(32)30(24)3)22(27)7-6-21(27)19-4-9-25(29-18-19)31-14-16-33-17-15-31/h4,6,8-9,18,20,22-23H,5,7,10-17H2,1-3H3. The number of rotatable bonds is 2. The van der Waals surface area contributed by atoms with Crippen LogP contribution >= 0.6 is 0 Å². The number of morpholine rings is 1. The zero-order valence-electron chi connectivity index (χ0n) is 20.3. The monoisotopic (exact) mass is 447 g/mol. The lowest BCUT2D eigenvalue weighted by molar-refractivity contribution is -0.135. The molecule has 2 saturated heterocycles. The van der Waals surface area contributed by atoms with Crippen LogP contribution in [-0.4, -0.2) is 49.1 Å². The normalized spacial score (nSPS) is 38.3. The van der Waals surface area contributed by atoms with Gasteiger partial charge in [-0.25, -0.2) is 4.98 Å². The predicted octanol–water partition coefficient (Wildman–Crippen LogP) is 4.90. The Morgan fingerprint density at radius 3 is 2.61 bits per heavy atom. The summed E-state index contributed by atoms with van der Waals surface area (Å²) in [5.74, 6) is 3.42. The summed E-state index contributed by atoms with van der Waals surface area (Å²) >= 11 is 0. The predicted molar refractivity (Wildman–Crippen MR) is 130 cm³/mol. The number of allylic oxidation sites excluding steroid dienone is 4. The van der Waals surface area contributed by atoms with Crippen molar-refractivity contribution in [1.82, 2.24) is 9.88 Å². The van der Waals surface area contributed by atoms with Gasteiger partial charge in [-0.3, -0.25) is 4.79 Å². The van der Waals surface area contributed by atoms with Gasteiger partial charge in [-0.15, -0.1) is 0 Å². The van der Waals surface area contributed by atoms with E-state index in [1.165, 1.54) is 36.1 Å². The Kier molecular flexibility index (Phi) is 4.99. The molecule has 0 bridgehead atoms. The van der Waals surface area contributed by atoms with Gasteiger partial charge in [0.2, 0.25) is 5.91 Å². The third kappa shape index (κ3) is 3.14. The number of fused-ring (bicyclic) bond motifs is 5. The minimum Gasteiger partial charge on any atom is -0.378 e. The van der Waals surface area contributed by atoms with Gasteiger partial charge in [-0.2, -0.15) is 0 Å². The number of likely N-dealkylation sites (tertiary alicyclic amines) is 1. The first-order chi connectivity index (χ1) is 15.9. The fourth-order valence-corrected chi connectivity index (χ4v) is 8.12. The molecule has 5 unspecified atom stereocenters. The maximum atomic E-state index is 12.4. The molecule has 5 atom stereocenters. The number of amides is 1. The zero-order chi connectivity index (χ0) is 22.8. The minimum atomic E-state index is 0.150. The SMILES string of the molecule is CN1C(=O)CCC2(C)C1=CCC1C3CC=C(c4ccc(N5CCOCC5)nc4)C3(C)CCC12. The summed E-state index contributed by atoms with van der Waals surface area (Å²) in [6.45, 7) is 8.38. The minimum absolute atomic E-state index is 0.150. The van der Waals surface area contributed by atoms with E-state index in [0.717, 1.165) is 45.0 Å². The molecule has 3 aliphatic carbocycles. The molecule has 1 amide bonds. The Morgan fingerprint density at radius 1 is 1.03 bits per heavy atom. The smallest absolute Gasteiger partial charge is 0.226 e. The molecule has 1 aromatic heterocycles. The number of anilines is 1. The summed E-state index contributed by atoms with van der Waals surface area (Å²) in [4.78, 5) is 21.5. The van der Waals surface area contributed by atoms with E-state index >= 15 is 0 Å². The first-order valence-corrected chi connectivity index (χ1v) is 12.9. The second-order valence-corrected chi connectivity index (χ2v) is 11.4. The molecule has 0 spiro atoms. The maximum Gasteiger partial charge on any atom is 0.226 e. The molecule has 0 N–H and O–H groups in total. The van der Waals surface area contributed by atoms with Crippen LogP contribution in [0, 0.1) is 28.6 Å². The van der Waals surface area contributed by atoms with Gasteiger partial charge in [0.1, 0.15) is 5.82 Å². The summed E-state index contributed by atoms with van der Waals surface area (Å²) in [6.07, 6.45) is 13.5. The van der Waals surface area contributed by atoms with E-state index in [9.17, 15) is 4.79 Å². The van der Waals surface area contributed by atoms with Crippen molar-refractivity contribution in [3.05, 3.63) is 41.7 Å². The van der Waals surface area contributed by atoms with Gasteiger partial charge in [-0.05, 0) is 78.5 Å². The van der Waals surface area contributed by atoms with E-state index in [0.29, 0.717) is 24.2 Å². The van der Waals surface area contributed by atoms with Crippen molar-refractivity contribution in [2.45, 2.75) is 52.4 Å². The van der Waals surface area contributed by atoms with Crippen LogP contribution in [0.15, 0.2) is 36.2 Å². The first kappa shape index (κ1) is 21.4. The van der Waals surface area contributed by atoms with Crippen LogP contribution in [0.2, 0.25) is 0 Å². The summed E-state index contributed by atoms with van der Waals surface area (Å²) in [5.41, 5.74) is 4.50. The Balaban J connectivity index is 1.25. The summed E-state index contributed by atoms with van der Waals surface area (Å²) in [5, 5.41) is 0. The van der Waals surface area contributed by atoms with Gasteiger partial charge in [-0.1, -0.05) is 26.0 Å². The lowest BCUT2D eigenvalue weighted by Crippen LogP contribution is -2.53. The molecule has 0 radical (unpaired) electrons. The number of ether oxygens (including phenoxy) is 1. The molecule has 176 valence electrons. The number of aromatic nitrogens is 1. The van der Waals surface area contributed by atoms with Gasteiger partial charge in [0.15, 0.2) is 0 Å². The average molecular weight is 448 g/mol. The Labute approximate surface area is 197 Å². The fourth-order valence-electron chi connectivity index (χ4n) is 8.12. The number of carbonyl (C=O) groups is 1. The molecule has 1 aromatic rings. The number of hydrogen-bond donors (Lipinski definition) is 0. The van der Waals surface area contributed by atoms with Gasteiger partial charge in [0.05, 0.1) is 13.2 Å². The van der Waals surface area contributed by atoms with Crippen LogP contribution in [0.3, 0.4) is 0 Å². The Morgan fingerprint density at radius 2 is 1.85 bits per heavy atom. The van der Waals surface area contributed by atoms with Crippen LogP contribution in [0.25, 0.3) is 5.57 Å². The van der Waals surface area contributed by atoms with Gasteiger partial charge < -0.3 is 14.5 Å². The molecule has 3 fully saturated rings. The largest absolute Gasteiger partial charge is 0.378 e. The van der Waals surface area contributed by atoms with Gasteiger partial charge in [0.25, 0.3) is 0 Å². The molecule has 6 rings (SSSR count). The highest BCUT2D eigenvalue weighted by Gasteiger charge is 2.57. The molecule has 5 nitrogen and oxygen atoms in total. The van der Waals surface area contributed by atoms with Crippen molar-refractivity contribution < 1.29 is 9.53 Å². The highest BCUT2D eigenvalue weighted by molar-refractivity contribution is 5.79. The maximum absolute atomic E-state index is 12.4.